The van der Waals surface area contributed by atoms with E-state index >= 15 is 0 Å². The second kappa shape index (κ2) is 6.64. The number of hydrogen-bond acceptors (Lipinski definition) is 4. The van der Waals surface area contributed by atoms with Crippen LogP contribution in [0.15, 0.2) is 57.7 Å². The van der Waals surface area contributed by atoms with Gasteiger partial charge in [0.05, 0.1) is 0 Å². The van der Waals surface area contributed by atoms with Gasteiger partial charge in [0.1, 0.15) is 17.0 Å². The van der Waals surface area contributed by atoms with Gasteiger partial charge in [-0.05, 0) is 48.4 Å². The molecule has 2 aromatic carbocycles. The molecule has 1 amide bonds. The van der Waals surface area contributed by atoms with Crippen LogP contribution >= 0.6 is 0 Å². The molecule has 0 saturated carbocycles. The zero-order chi connectivity index (χ0) is 17.1. The number of nitrogens with one attached hydrogen (secondary N) is 1. The zero-order valence-corrected chi connectivity index (χ0v) is 12.6. The number of aliphatic hydroxyl groups is 1. The van der Waals surface area contributed by atoms with Crippen molar-refractivity contribution in [2.24, 2.45) is 0 Å². The molecule has 0 aliphatic carbocycles. The zero-order valence-electron chi connectivity index (χ0n) is 12.6. The summed E-state index contributed by atoms with van der Waals surface area (Å²) in [7, 11) is 0. The number of amides is 1. The highest BCUT2D eigenvalue weighted by molar-refractivity contribution is 6.05. The second-order valence-corrected chi connectivity index (χ2v) is 5.25. The van der Waals surface area contributed by atoms with Crippen molar-refractivity contribution in [1.29, 1.82) is 0 Å². The van der Waals surface area contributed by atoms with Crippen molar-refractivity contribution < 1.29 is 18.7 Å². The predicted molar refractivity (Wildman–Crippen MR) is 87.6 cm³/mol. The molecule has 0 spiro atoms. The molecule has 3 rings (SSSR count). The van der Waals surface area contributed by atoms with Crippen molar-refractivity contribution in [3.63, 3.8) is 0 Å². The largest absolute Gasteiger partial charge is 0.422 e. The highest BCUT2D eigenvalue weighted by atomic mass is 19.1. The number of carbonyl (C=O) groups excluding carboxylic acids is 1. The minimum atomic E-state index is -0.788. The van der Waals surface area contributed by atoms with Gasteiger partial charge in [0, 0.05) is 17.7 Å². The van der Waals surface area contributed by atoms with E-state index in [-0.39, 0.29) is 17.8 Å². The number of aliphatic hydroxyl groups excluding tert-OH is 1. The molecule has 1 aromatic heterocycles. The van der Waals surface area contributed by atoms with Crippen molar-refractivity contribution in [1.82, 2.24) is 0 Å². The van der Waals surface area contributed by atoms with E-state index in [2.05, 4.69) is 5.32 Å². The van der Waals surface area contributed by atoms with Crippen LogP contribution in [0.3, 0.4) is 0 Å². The Kier molecular flexibility index (Phi) is 4.39. The van der Waals surface area contributed by atoms with Gasteiger partial charge in [-0.15, -0.1) is 0 Å². The Bertz CT molecular complexity index is 947. The van der Waals surface area contributed by atoms with Crippen molar-refractivity contribution in [3.8, 4) is 0 Å². The van der Waals surface area contributed by atoms with Gasteiger partial charge < -0.3 is 14.8 Å². The lowest BCUT2D eigenvalue weighted by Crippen LogP contribution is -2.20. The third kappa shape index (κ3) is 3.33. The minimum absolute atomic E-state index is 0.0421. The summed E-state index contributed by atoms with van der Waals surface area (Å²) in [5.74, 6) is -1.12. The Morgan fingerprint density at radius 1 is 1.12 bits per heavy atom. The lowest BCUT2D eigenvalue weighted by molar-refractivity contribution is 0.102. The maximum atomic E-state index is 13.3. The Balaban J connectivity index is 1.87. The maximum Gasteiger partial charge on any atom is 0.349 e. The summed E-state index contributed by atoms with van der Waals surface area (Å²) in [4.78, 5) is 24.2. The molecule has 24 heavy (non-hydrogen) atoms. The quantitative estimate of drug-likeness (QED) is 0.722. The lowest BCUT2D eigenvalue weighted by atomic mass is 10.1. The maximum absolute atomic E-state index is 13.3. The van der Waals surface area contributed by atoms with Gasteiger partial charge in [0.15, 0.2) is 0 Å². The van der Waals surface area contributed by atoms with Crippen LogP contribution in [-0.2, 0) is 6.42 Å². The van der Waals surface area contributed by atoms with Crippen LogP contribution in [0.1, 0.15) is 15.9 Å². The molecule has 0 bridgehead atoms. The van der Waals surface area contributed by atoms with E-state index in [0.29, 0.717) is 17.5 Å². The van der Waals surface area contributed by atoms with Crippen molar-refractivity contribution >= 4 is 22.6 Å². The molecule has 2 N–H and O–H groups in total. The van der Waals surface area contributed by atoms with E-state index in [1.165, 1.54) is 24.3 Å². The topological polar surface area (TPSA) is 79.5 Å². The first kappa shape index (κ1) is 15.9. The molecular formula is C18H14FNO4. The average Bonchev–Trinajstić information content (AvgIpc) is 2.56. The molecule has 0 atom stereocenters. The molecule has 122 valence electrons. The Morgan fingerprint density at radius 2 is 1.88 bits per heavy atom. The molecule has 6 heteroatoms. The van der Waals surface area contributed by atoms with Gasteiger partial charge in [-0.25, -0.2) is 9.18 Å². The summed E-state index contributed by atoms with van der Waals surface area (Å²) in [5, 5.41) is 11.8. The van der Waals surface area contributed by atoms with Crippen molar-refractivity contribution in [2.75, 3.05) is 11.9 Å². The third-order valence-corrected chi connectivity index (χ3v) is 3.55. The number of halogens is 1. The van der Waals surface area contributed by atoms with Crippen LogP contribution in [0.2, 0.25) is 0 Å². The van der Waals surface area contributed by atoms with E-state index in [9.17, 15) is 14.0 Å². The molecule has 0 unspecified atom stereocenters. The first-order valence-corrected chi connectivity index (χ1v) is 7.31. The van der Waals surface area contributed by atoms with Gasteiger partial charge in [-0.2, -0.15) is 0 Å². The Hall–Kier alpha value is -2.99. The summed E-state index contributed by atoms with van der Waals surface area (Å²) in [5.41, 5.74) is 0.652. The van der Waals surface area contributed by atoms with Gasteiger partial charge >= 0.3 is 5.63 Å². The SMILES string of the molecule is O=C(Nc1ccc(CCO)cc1)c1cc2cc(F)ccc2oc1=O. The molecule has 3 aromatic rings. The fourth-order valence-electron chi connectivity index (χ4n) is 2.33. The average molecular weight is 327 g/mol. The highest BCUT2D eigenvalue weighted by Crippen LogP contribution is 2.16. The number of anilines is 1. The van der Waals surface area contributed by atoms with Crippen LogP contribution in [0.4, 0.5) is 10.1 Å². The van der Waals surface area contributed by atoms with Crippen molar-refractivity contribution in [3.05, 3.63) is 75.9 Å². The molecule has 0 fully saturated rings. The Morgan fingerprint density at radius 3 is 2.58 bits per heavy atom. The van der Waals surface area contributed by atoms with Gasteiger partial charge in [0.25, 0.3) is 5.91 Å². The molecule has 0 aliphatic heterocycles. The Labute approximate surface area is 136 Å². The first-order valence-electron chi connectivity index (χ1n) is 7.31. The molecule has 0 aliphatic rings. The summed E-state index contributed by atoms with van der Waals surface area (Å²) >= 11 is 0. The van der Waals surface area contributed by atoms with E-state index in [1.807, 2.05) is 0 Å². The van der Waals surface area contributed by atoms with Crippen LogP contribution in [0, 0.1) is 5.82 Å². The predicted octanol–water partition coefficient (Wildman–Crippen LogP) is 2.72. The van der Waals surface area contributed by atoms with E-state index in [4.69, 9.17) is 9.52 Å². The summed E-state index contributed by atoms with van der Waals surface area (Å²) < 4.78 is 18.3. The second-order valence-electron chi connectivity index (χ2n) is 5.25. The number of benzene rings is 2. The highest BCUT2D eigenvalue weighted by Gasteiger charge is 2.14. The normalized spacial score (nSPS) is 10.8. The number of fused-ring (bicyclic) bond motifs is 1. The lowest BCUT2D eigenvalue weighted by Gasteiger charge is -2.06. The monoisotopic (exact) mass is 327 g/mol. The third-order valence-electron chi connectivity index (χ3n) is 3.55. The molecule has 5 nitrogen and oxygen atoms in total. The molecule has 1 heterocycles. The molecule has 0 radical (unpaired) electrons. The fourth-order valence-corrected chi connectivity index (χ4v) is 2.33. The van der Waals surface area contributed by atoms with Gasteiger partial charge in [0.2, 0.25) is 0 Å². The van der Waals surface area contributed by atoms with Gasteiger partial charge in [-0.3, -0.25) is 4.79 Å². The smallest absolute Gasteiger partial charge is 0.349 e. The number of hydrogen-bond donors (Lipinski definition) is 2. The summed E-state index contributed by atoms with van der Waals surface area (Å²) in [6.07, 6.45) is 0.522. The van der Waals surface area contributed by atoms with Crippen LogP contribution in [0.25, 0.3) is 11.0 Å². The minimum Gasteiger partial charge on any atom is -0.422 e. The number of carbonyl (C=O) groups is 1. The molecular weight excluding hydrogens is 313 g/mol. The molecule has 0 saturated heterocycles. The van der Waals surface area contributed by atoms with Crippen LogP contribution < -0.4 is 10.9 Å². The standard InChI is InChI=1S/C18H14FNO4/c19-13-3-6-16-12(9-13)10-15(18(23)24-16)17(22)20-14-4-1-11(2-5-14)7-8-21/h1-6,9-10,21H,7-8H2,(H,20,22). The van der Waals surface area contributed by atoms with E-state index < -0.39 is 17.3 Å². The van der Waals surface area contributed by atoms with Crippen molar-refractivity contribution in [2.45, 2.75) is 6.42 Å². The summed E-state index contributed by atoms with van der Waals surface area (Å²) in [6, 6.07) is 11.9. The van der Waals surface area contributed by atoms with E-state index in [0.717, 1.165) is 5.56 Å². The first-order chi connectivity index (χ1) is 11.6. The summed E-state index contributed by atoms with van der Waals surface area (Å²) in [6.45, 7) is 0.0421. The number of rotatable bonds is 4. The van der Waals surface area contributed by atoms with Crippen LogP contribution in [-0.4, -0.2) is 17.6 Å². The van der Waals surface area contributed by atoms with Gasteiger partial charge in [-0.1, -0.05) is 12.1 Å². The van der Waals surface area contributed by atoms with Crippen LogP contribution in [0.5, 0.6) is 0 Å². The van der Waals surface area contributed by atoms with E-state index in [1.54, 1.807) is 24.3 Å². The fraction of sp³-hybridized carbons (Fsp3) is 0.111.